The summed E-state index contributed by atoms with van der Waals surface area (Å²) in [4.78, 5) is 27.5. The van der Waals surface area contributed by atoms with Crippen LogP contribution < -0.4 is 15.8 Å². The Kier molecular flexibility index (Phi) is 6.67. The average molecular weight is 543 g/mol. The van der Waals surface area contributed by atoms with Gasteiger partial charge in [0.2, 0.25) is 11.8 Å². The highest BCUT2D eigenvalue weighted by Crippen LogP contribution is 2.31. The van der Waals surface area contributed by atoms with Crippen molar-refractivity contribution < 1.29 is 0 Å². The number of likely N-dealkylation sites (N-methyl/N-ethyl adjacent to an activating group) is 1. The molecule has 0 aliphatic carbocycles. The average Bonchev–Trinajstić information content (AvgIpc) is 3.49. The Hall–Kier alpha value is -4.35. The molecule has 0 unspecified atom stereocenters. The van der Waals surface area contributed by atoms with Gasteiger partial charge in [0, 0.05) is 77.4 Å². The van der Waals surface area contributed by atoms with Crippen molar-refractivity contribution in [1.29, 1.82) is 0 Å². The summed E-state index contributed by atoms with van der Waals surface area (Å²) in [5.41, 5.74) is 4.23. The van der Waals surface area contributed by atoms with Crippen molar-refractivity contribution in [3.8, 4) is 22.5 Å². The zero-order chi connectivity index (χ0) is 26.9. The SMILES string of the molecule is CCn1c(=O)c(-c2ccc(-c3nn[nH]n3)cc2Cl)cc2cnc(Nc3ccc(N4CCN(C)CC4)cc3)nc21. The number of aromatic amines is 1. The summed E-state index contributed by atoms with van der Waals surface area (Å²) >= 11 is 6.60. The molecule has 198 valence electrons. The van der Waals surface area contributed by atoms with E-state index in [9.17, 15) is 4.79 Å². The molecule has 12 heteroatoms. The van der Waals surface area contributed by atoms with Crippen molar-refractivity contribution in [2.24, 2.45) is 0 Å². The summed E-state index contributed by atoms with van der Waals surface area (Å²) in [5, 5.41) is 18.4. The van der Waals surface area contributed by atoms with Gasteiger partial charge in [-0.05, 0) is 55.6 Å². The number of anilines is 3. The van der Waals surface area contributed by atoms with Gasteiger partial charge >= 0.3 is 0 Å². The zero-order valence-corrected chi connectivity index (χ0v) is 22.4. The molecule has 0 atom stereocenters. The van der Waals surface area contributed by atoms with E-state index in [0.717, 1.165) is 37.3 Å². The van der Waals surface area contributed by atoms with Gasteiger partial charge in [-0.15, -0.1) is 10.2 Å². The van der Waals surface area contributed by atoms with E-state index in [2.05, 4.69) is 59.9 Å². The predicted octanol–water partition coefficient (Wildman–Crippen LogP) is 3.81. The molecule has 0 spiro atoms. The lowest BCUT2D eigenvalue weighted by Gasteiger charge is -2.34. The van der Waals surface area contributed by atoms with Crippen LogP contribution in [0.2, 0.25) is 5.02 Å². The molecule has 2 aromatic carbocycles. The third-order valence-corrected chi connectivity index (χ3v) is 7.31. The van der Waals surface area contributed by atoms with E-state index >= 15 is 0 Å². The molecule has 1 saturated heterocycles. The fourth-order valence-corrected chi connectivity index (χ4v) is 5.09. The number of tetrazole rings is 1. The van der Waals surface area contributed by atoms with Gasteiger partial charge < -0.3 is 15.1 Å². The van der Waals surface area contributed by atoms with Crippen LogP contribution in [-0.2, 0) is 6.54 Å². The lowest BCUT2D eigenvalue weighted by Crippen LogP contribution is -2.44. The molecule has 3 aromatic heterocycles. The van der Waals surface area contributed by atoms with E-state index in [-0.39, 0.29) is 5.56 Å². The Balaban J connectivity index is 1.29. The number of nitrogens with zero attached hydrogens (tertiary/aromatic N) is 8. The molecule has 1 aliphatic rings. The van der Waals surface area contributed by atoms with Gasteiger partial charge in [0.15, 0.2) is 0 Å². The number of piperazine rings is 1. The van der Waals surface area contributed by atoms with Crippen molar-refractivity contribution >= 4 is 40.0 Å². The topological polar surface area (TPSA) is 121 Å². The highest BCUT2D eigenvalue weighted by atomic mass is 35.5. The van der Waals surface area contributed by atoms with Crippen LogP contribution in [0.15, 0.2) is 59.5 Å². The Bertz CT molecular complexity index is 1680. The second-order valence-electron chi connectivity index (χ2n) is 9.47. The number of fused-ring (bicyclic) bond motifs is 1. The molecule has 0 saturated carbocycles. The summed E-state index contributed by atoms with van der Waals surface area (Å²) in [6.45, 7) is 6.51. The molecule has 2 N–H and O–H groups in total. The summed E-state index contributed by atoms with van der Waals surface area (Å²) in [6, 6.07) is 15.4. The Morgan fingerprint density at radius 3 is 2.51 bits per heavy atom. The summed E-state index contributed by atoms with van der Waals surface area (Å²) < 4.78 is 1.64. The van der Waals surface area contributed by atoms with Gasteiger partial charge in [-0.1, -0.05) is 23.7 Å². The largest absolute Gasteiger partial charge is 0.369 e. The number of H-pyrrole nitrogens is 1. The number of hydrogen-bond acceptors (Lipinski definition) is 9. The van der Waals surface area contributed by atoms with Crippen LogP contribution in [0, 0.1) is 0 Å². The van der Waals surface area contributed by atoms with Crippen LogP contribution in [0.3, 0.4) is 0 Å². The van der Waals surface area contributed by atoms with Crippen LogP contribution >= 0.6 is 11.6 Å². The maximum atomic E-state index is 13.5. The number of nitrogens with one attached hydrogen (secondary N) is 2. The first kappa shape index (κ1) is 25.0. The van der Waals surface area contributed by atoms with E-state index in [1.54, 1.807) is 29.0 Å². The zero-order valence-electron chi connectivity index (χ0n) is 21.6. The third-order valence-electron chi connectivity index (χ3n) is 7.00. The number of aromatic nitrogens is 7. The maximum Gasteiger partial charge on any atom is 0.260 e. The number of hydrogen-bond donors (Lipinski definition) is 2. The summed E-state index contributed by atoms with van der Waals surface area (Å²) in [6.07, 6.45) is 1.72. The molecular weight excluding hydrogens is 516 g/mol. The van der Waals surface area contributed by atoms with E-state index in [1.807, 2.05) is 25.1 Å². The molecule has 5 aromatic rings. The van der Waals surface area contributed by atoms with Crippen molar-refractivity contribution in [3.63, 3.8) is 0 Å². The quantitative estimate of drug-likeness (QED) is 0.330. The predicted molar refractivity (Wildman–Crippen MR) is 153 cm³/mol. The first-order valence-electron chi connectivity index (χ1n) is 12.7. The van der Waals surface area contributed by atoms with Crippen molar-refractivity contribution in [3.05, 3.63) is 70.1 Å². The number of benzene rings is 2. The third kappa shape index (κ3) is 4.93. The van der Waals surface area contributed by atoms with Crippen LogP contribution in [0.25, 0.3) is 33.5 Å². The van der Waals surface area contributed by atoms with E-state index < -0.39 is 0 Å². The highest BCUT2D eigenvalue weighted by Gasteiger charge is 2.17. The summed E-state index contributed by atoms with van der Waals surface area (Å²) in [7, 11) is 2.15. The lowest BCUT2D eigenvalue weighted by atomic mass is 10.0. The van der Waals surface area contributed by atoms with Crippen LogP contribution in [0.5, 0.6) is 0 Å². The Labute approximate surface area is 229 Å². The first-order valence-corrected chi connectivity index (χ1v) is 13.1. The number of aryl methyl sites for hydroxylation is 1. The smallest absolute Gasteiger partial charge is 0.260 e. The van der Waals surface area contributed by atoms with E-state index in [1.165, 1.54) is 5.69 Å². The lowest BCUT2D eigenvalue weighted by molar-refractivity contribution is 0.313. The minimum atomic E-state index is -0.180. The second kappa shape index (κ2) is 10.4. The van der Waals surface area contributed by atoms with Gasteiger partial charge in [-0.2, -0.15) is 10.2 Å². The fraction of sp³-hybridized carbons (Fsp3) is 0.259. The number of rotatable bonds is 6. The van der Waals surface area contributed by atoms with Crippen molar-refractivity contribution in [2.45, 2.75) is 13.5 Å². The van der Waals surface area contributed by atoms with Crippen LogP contribution in [0.4, 0.5) is 17.3 Å². The molecule has 0 bridgehead atoms. The van der Waals surface area contributed by atoms with Gasteiger partial charge in [-0.25, -0.2) is 4.98 Å². The fourth-order valence-electron chi connectivity index (χ4n) is 4.81. The molecule has 0 radical (unpaired) electrons. The van der Waals surface area contributed by atoms with Crippen LogP contribution in [-0.4, -0.2) is 73.3 Å². The normalized spacial score (nSPS) is 14.2. The highest BCUT2D eigenvalue weighted by molar-refractivity contribution is 6.33. The van der Waals surface area contributed by atoms with Crippen LogP contribution in [0.1, 0.15) is 6.92 Å². The molecule has 4 heterocycles. The first-order chi connectivity index (χ1) is 19.0. The van der Waals surface area contributed by atoms with Gasteiger partial charge in [0.1, 0.15) is 5.65 Å². The summed E-state index contributed by atoms with van der Waals surface area (Å²) in [5.74, 6) is 0.849. The minimum absolute atomic E-state index is 0.180. The molecule has 1 aliphatic heterocycles. The molecule has 6 rings (SSSR count). The van der Waals surface area contributed by atoms with Gasteiger partial charge in [-0.3, -0.25) is 9.36 Å². The second-order valence-corrected chi connectivity index (χ2v) is 9.88. The van der Waals surface area contributed by atoms with Crippen molar-refractivity contribution in [1.82, 2.24) is 40.1 Å². The Morgan fingerprint density at radius 1 is 1.03 bits per heavy atom. The van der Waals surface area contributed by atoms with Gasteiger partial charge in [0.05, 0.1) is 0 Å². The van der Waals surface area contributed by atoms with Crippen molar-refractivity contribution in [2.75, 3.05) is 43.4 Å². The minimum Gasteiger partial charge on any atom is -0.369 e. The molecule has 39 heavy (non-hydrogen) atoms. The number of pyridine rings is 1. The molecule has 1 fully saturated rings. The Morgan fingerprint density at radius 2 is 1.82 bits per heavy atom. The van der Waals surface area contributed by atoms with Gasteiger partial charge in [0.25, 0.3) is 5.56 Å². The molecule has 11 nitrogen and oxygen atoms in total. The molecule has 0 amide bonds. The maximum absolute atomic E-state index is 13.5. The van der Waals surface area contributed by atoms with E-state index in [4.69, 9.17) is 16.6 Å². The molecular formula is C27H27ClN10O. The number of halogens is 1. The monoisotopic (exact) mass is 542 g/mol. The standard InChI is InChI=1S/C27H27ClN10O/c1-3-38-25-18(14-22(26(38)39)21-9-4-17(15-23(21)28)24-32-34-35-33-24)16-29-27(31-25)30-19-5-7-20(8-6-19)37-12-10-36(2)11-13-37/h4-9,14-16H,3,10-13H2,1-2H3,(H,29,30,31)(H,32,33,34,35). The van der Waals surface area contributed by atoms with E-state index in [0.29, 0.717) is 45.7 Å².